The number of amides is 1. The summed E-state index contributed by atoms with van der Waals surface area (Å²) in [5, 5.41) is 5.85. The maximum atomic E-state index is 11.5. The summed E-state index contributed by atoms with van der Waals surface area (Å²) < 4.78 is 0. The van der Waals surface area contributed by atoms with Crippen LogP contribution in [0.15, 0.2) is 24.3 Å². The first-order valence-electron chi connectivity index (χ1n) is 5.58. The molecule has 0 saturated carbocycles. The van der Waals surface area contributed by atoms with E-state index in [2.05, 4.69) is 17.6 Å². The van der Waals surface area contributed by atoms with E-state index < -0.39 is 0 Å². The molecule has 0 atom stereocenters. The van der Waals surface area contributed by atoms with Gasteiger partial charge in [0.25, 0.3) is 0 Å². The molecule has 1 aromatic rings. The average Bonchev–Trinajstić information content (AvgIpc) is 2.26. The van der Waals surface area contributed by atoms with E-state index in [1.165, 1.54) is 0 Å². The largest absolute Gasteiger partial charge is 0.376 e. The van der Waals surface area contributed by atoms with E-state index >= 15 is 0 Å². The highest BCUT2D eigenvalue weighted by Gasteiger charge is 2.02. The topological polar surface area (TPSA) is 67.2 Å². The second kappa shape index (κ2) is 6.85. The molecule has 0 spiro atoms. The molecule has 1 amide bonds. The number of hydrogen-bond acceptors (Lipinski definition) is 2. The molecule has 0 aromatic heterocycles. The van der Waals surface area contributed by atoms with Crippen molar-refractivity contribution in [3.8, 4) is 0 Å². The summed E-state index contributed by atoms with van der Waals surface area (Å²) in [5.41, 5.74) is 6.89. The molecule has 0 aliphatic heterocycles. The van der Waals surface area contributed by atoms with Crippen molar-refractivity contribution in [3.63, 3.8) is 0 Å². The number of hydrogen-bond donors (Lipinski definition) is 3. The Balaban J connectivity index is 2.59. The maximum Gasteiger partial charge on any atom is 0.224 e. The van der Waals surface area contributed by atoms with Gasteiger partial charge in [0.15, 0.2) is 5.11 Å². The zero-order valence-corrected chi connectivity index (χ0v) is 10.6. The molecule has 0 fully saturated rings. The van der Waals surface area contributed by atoms with Crippen molar-refractivity contribution < 1.29 is 4.79 Å². The molecule has 1 rings (SSSR count). The molecule has 0 aliphatic rings. The van der Waals surface area contributed by atoms with Crippen LogP contribution in [0.1, 0.15) is 26.2 Å². The minimum absolute atomic E-state index is 0.0272. The summed E-state index contributed by atoms with van der Waals surface area (Å²) >= 11 is 4.75. The van der Waals surface area contributed by atoms with Crippen LogP contribution in [0.5, 0.6) is 0 Å². The Labute approximate surface area is 107 Å². The molecular weight excluding hydrogens is 234 g/mol. The third-order valence-corrected chi connectivity index (χ3v) is 2.27. The van der Waals surface area contributed by atoms with Gasteiger partial charge in [-0.15, -0.1) is 0 Å². The van der Waals surface area contributed by atoms with Gasteiger partial charge in [-0.25, -0.2) is 0 Å². The van der Waals surface area contributed by atoms with Crippen LogP contribution in [0.25, 0.3) is 0 Å². The number of benzene rings is 1. The Hall–Kier alpha value is -1.62. The Kier molecular flexibility index (Phi) is 5.42. The van der Waals surface area contributed by atoms with Gasteiger partial charge in [-0.05, 0) is 36.8 Å². The van der Waals surface area contributed by atoms with E-state index in [0.29, 0.717) is 6.42 Å². The first-order valence-corrected chi connectivity index (χ1v) is 5.99. The first kappa shape index (κ1) is 13.4. The van der Waals surface area contributed by atoms with E-state index in [0.717, 1.165) is 24.2 Å². The van der Waals surface area contributed by atoms with Gasteiger partial charge in [0.1, 0.15) is 0 Å². The Morgan fingerprint density at radius 1 is 1.35 bits per heavy atom. The number of nitrogens with two attached hydrogens (primary N) is 1. The van der Waals surface area contributed by atoms with Crippen LogP contribution in [-0.4, -0.2) is 11.0 Å². The average molecular weight is 251 g/mol. The van der Waals surface area contributed by atoms with Gasteiger partial charge in [-0.3, -0.25) is 4.79 Å². The number of carbonyl (C=O) groups is 1. The monoisotopic (exact) mass is 251 g/mol. The molecule has 0 unspecified atom stereocenters. The standard InChI is InChI=1S/C12H17N3OS/c1-2-3-7-11(16)14-9-5-4-6-10(8-9)15-12(13)17/h4-6,8H,2-3,7H2,1H3,(H,14,16)(H3,13,15,17). The highest BCUT2D eigenvalue weighted by atomic mass is 32.1. The minimum atomic E-state index is 0.0272. The quantitative estimate of drug-likeness (QED) is 0.703. The predicted octanol–water partition coefficient (Wildman–Crippen LogP) is 2.47. The van der Waals surface area contributed by atoms with Crippen molar-refractivity contribution in [1.82, 2.24) is 0 Å². The zero-order valence-electron chi connectivity index (χ0n) is 9.82. The lowest BCUT2D eigenvalue weighted by atomic mass is 10.2. The molecule has 0 radical (unpaired) electrons. The van der Waals surface area contributed by atoms with Gasteiger partial charge in [-0.1, -0.05) is 19.4 Å². The van der Waals surface area contributed by atoms with Gasteiger partial charge in [0.2, 0.25) is 5.91 Å². The fourth-order valence-electron chi connectivity index (χ4n) is 1.38. The van der Waals surface area contributed by atoms with E-state index in [1.807, 2.05) is 18.2 Å². The minimum Gasteiger partial charge on any atom is -0.376 e. The van der Waals surface area contributed by atoms with Crippen molar-refractivity contribution in [2.24, 2.45) is 5.73 Å². The molecule has 17 heavy (non-hydrogen) atoms. The van der Waals surface area contributed by atoms with E-state index in [1.54, 1.807) is 6.07 Å². The molecule has 5 heteroatoms. The number of nitrogens with one attached hydrogen (secondary N) is 2. The summed E-state index contributed by atoms with van der Waals surface area (Å²) in [6, 6.07) is 7.29. The van der Waals surface area contributed by atoms with Gasteiger partial charge in [0, 0.05) is 17.8 Å². The van der Waals surface area contributed by atoms with Crippen LogP contribution in [0.4, 0.5) is 11.4 Å². The normalized spacial score (nSPS) is 9.71. The van der Waals surface area contributed by atoms with Crippen LogP contribution < -0.4 is 16.4 Å². The third kappa shape index (κ3) is 5.31. The van der Waals surface area contributed by atoms with Crippen LogP contribution >= 0.6 is 12.2 Å². The number of unbranched alkanes of at least 4 members (excludes halogenated alkanes) is 1. The first-order chi connectivity index (χ1) is 8.11. The van der Waals surface area contributed by atoms with Crippen LogP contribution in [0.3, 0.4) is 0 Å². The lowest BCUT2D eigenvalue weighted by Gasteiger charge is -2.08. The van der Waals surface area contributed by atoms with Gasteiger partial charge in [0.05, 0.1) is 0 Å². The molecule has 0 bridgehead atoms. The molecule has 0 aliphatic carbocycles. The number of anilines is 2. The summed E-state index contributed by atoms with van der Waals surface area (Å²) in [7, 11) is 0. The van der Waals surface area contributed by atoms with Crippen molar-refractivity contribution in [2.75, 3.05) is 10.6 Å². The lowest BCUT2D eigenvalue weighted by Crippen LogP contribution is -2.19. The maximum absolute atomic E-state index is 11.5. The van der Waals surface area contributed by atoms with Gasteiger partial charge in [-0.2, -0.15) is 0 Å². The highest BCUT2D eigenvalue weighted by molar-refractivity contribution is 7.80. The highest BCUT2D eigenvalue weighted by Crippen LogP contribution is 2.15. The van der Waals surface area contributed by atoms with Crippen LogP contribution in [-0.2, 0) is 4.79 Å². The molecule has 92 valence electrons. The smallest absolute Gasteiger partial charge is 0.224 e. The molecule has 4 N–H and O–H groups in total. The third-order valence-electron chi connectivity index (χ3n) is 2.17. The second-order valence-corrected chi connectivity index (χ2v) is 4.16. The lowest BCUT2D eigenvalue weighted by molar-refractivity contribution is -0.116. The van der Waals surface area contributed by atoms with Crippen LogP contribution in [0.2, 0.25) is 0 Å². The van der Waals surface area contributed by atoms with Crippen LogP contribution in [0, 0.1) is 0 Å². The molecule has 0 heterocycles. The van der Waals surface area contributed by atoms with Gasteiger partial charge >= 0.3 is 0 Å². The van der Waals surface area contributed by atoms with Crippen molar-refractivity contribution in [2.45, 2.75) is 26.2 Å². The summed E-state index contributed by atoms with van der Waals surface area (Å²) in [5.74, 6) is 0.0272. The number of thiocarbonyl (C=S) groups is 1. The van der Waals surface area contributed by atoms with E-state index in [9.17, 15) is 4.79 Å². The number of carbonyl (C=O) groups excluding carboxylic acids is 1. The Morgan fingerprint density at radius 2 is 2.00 bits per heavy atom. The second-order valence-electron chi connectivity index (χ2n) is 3.72. The molecule has 4 nitrogen and oxygen atoms in total. The van der Waals surface area contributed by atoms with Gasteiger partial charge < -0.3 is 16.4 Å². The van der Waals surface area contributed by atoms with E-state index in [4.69, 9.17) is 18.0 Å². The van der Waals surface area contributed by atoms with Crippen molar-refractivity contribution in [1.29, 1.82) is 0 Å². The fourth-order valence-corrected chi connectivity index (χ4v) is 1.50. The summed E-state index contributed by atoms with van der Waals surface area (Å²) in [4.78, 5) is 11.5. The molecular formula is C12H17N3OS. The molecule has 0 saturated heterocycles. The zero-order chi connectivity index (χ0) is 12.7. The summed E-state index contributed by atoms with van der Waals surface area (Å²) in [6.07, 6.45) is 2.45. The SMILES string of the molecule is CCCCC(=O)Nc1cccc(NC(N)=S)c1. The Morgan fingerprint density at radius 3 is 2.59 bits per heavy atom. The Bertz CT molecular complexity index is 406. The molecule has 1 aromatic carbocycles. The fraction of sp³-hybridized carbons (Fsp3) is 0.333. The predicted molar refractivity (Wildman–Crippen MR) is 75.0 cm³/mol. The van der Waals surface area contributed by atoms with E-state index in [-0.39, 0.29) is 11.0 Å². The summed E-state index contributed by atoms with van der Waals surface area (Å²) in [6.45, 7) is 2.06. The number of rotatable bonds is 5. The van der Waals surface area contributed by atoms with Crippen molar-refractivity contribution in [3.05, 3.63) is 24.3 Å². The van der Waals surface area contributed by atoms with Crippen molar-refractivity contribution >= 4 is 34.6 Å².